The van der Waals surface area contributed by atoms with Crippen LogP contribution < -0.4 is 14.8 Å². The van der Waals surface area contributed by atoms with Crippen LogP contribution in [0.4, 0.5) is 17.1 Å². The van der Waals surface area contributed by atoms with Gasteiger partial charge in [-0.25, -0.2) is 0 Å². The third-order valence-corrected chi connectivity index (χ3v) is 5.71. The Morgan fingerprint density at radius 1 is 1.30 bits per heavy atom. The second-order valence-corrected chi connectivity index (χ2v) is 6.99. The number of hydrogen-bond donors (Lipinski definition) is 3. The van der Waals surface area contributed by atoms with Gasteiger partial charge in [0.2, 0.25) is 17.5 Å². The van der Waals surface area contributed by atoms with E-state index in [-0.39, 0.29) is 25.4 Å². The van der Waals surface area contributed by atoms with Gasteiger partial charge < -0.3 is 10.0 Å². The van der Waals surface area contributed by atoms with Crippen LogP contribution >= 0.6 is 0 Å². The first-order valence-corrected chi connectivity index (χ1v) is 9.28. The minimum Gasteiger partial charge on any atom is -0.395 e. The van der Waals surface area contributed by atoms with E-state index in [2.05, 4.69) is 0 Å². The van der Waals surface area contributed by atoms with Crippen LogP contribution in [0.3, 0.4) is 0 Å². The number of rotatable bonds is 6. The Hall–Kier alpha value is -2.39. The second kappa shape index (κ2) is 6.07. The van der Waals surface area contributed by atoms with Gasteiger partial charge in [-0.1, -0.05) is 19.9 Å². The summed E-state index contributed by atoms with van der Waals surface area (Å²) in [5, 5.41) is 34.8. The fraction of sp³-hybridized carbons (Fsp3) is 0.421. The molecule has 3 atom stereocenters. The van der Waals surface area contributed by atoms with Crippen molar-refractivity contribution in [2.45, 2.75) is 38.5 Å². The molecule has 0 radical (unpaired) electrons. The van der Waals surface area contributed by atoms with Crippen molar-refractivity contribution in [3.05, 3.63) is 42.6 Å². The van der Waals surface area contributed by atoms with Crippen LogP contribution in [0.25, 0.3) is 0 Å². The maximum Gasteiger partial charge on any atom is 0.246 e. The zero-order valence-corrected chi connectivity index (χ0v) is 15.5. The van der Waals surface area contributed by atoms with Crippen molar-refractivity contribution in [1.82, 2.24) is 9.66 Å². The van der Waals surface area contributed by atoms with Crippen molar-refractivity contribution in [3.8, 4) is 0 Å². The number of nitrogens with zero attached hydrogens (tertiary/aromatic N) is 4. The Kier molecular flexibility index (Phi) is 4.04. The quantitative estimate of drug-likeness (QED) is 0.658. The molecule has 3 aliphatic rings. The molecule has 0 amide bonds. The Labute approximate surface area is 157 Å². The average Bonchev–Trinajstić information content (AvgIpc) is 3.03. The van der Waals surface area contributed by atoms with Crippen molar-refractivity contribution in [2.24, 2.45) is 0 Å². The number of Topliss-reactive ketones (excluding diaryl/α,β-unsaturated/α-hetero) is 1. The van der Waals surface area contributed by atoms with E-state index in [1.165, 1.54) is 0 Å². The van der Waals surface area contributed by atoms with Gasteiger partial charge in [0.05, 0.1) is 6.61 Å². The maximum atomic E-state index is 13.3. The van der Waals surface area contributed by atoms with E-state index in [0.29, 0.717) is 23.5 Å². The Balaban J connectivity index is 1.95. The maximum absolute atomic E-state index is 13.3. The third kappa shape index (κ3) is 2.03. The summed E-state index contributed by atoms with van der Waals surface area (Å²) in [6, 6.07) is 5.35. The molecule has 3 unspecified atom stereocenters. The summed E-state index contributed by atoms with van der Waals surface area (Å²) < 4.78 is -0.698. The van der Waals surface area contributed by atoms with Crippen molar-refractivity contribution in [2.75, 3.05) is 23.2 Å². The Morgan fingerprint density at radius 3 is 2.74 bits per heavy atom. The largest absolute Gasteiger partial charge is 0.395 e. The monoisotopic (exact) mass is 373 g/mol. The molecule has 3 aliphatic heterocycles. The van der Waals surface area contributed by atoms with Gasteiger partial charge in [0.1, 0.15) is 11.4 Å². The summed E-state index contributed by atoms with van der Waals surface area (Å²) in [5.41, 5.74) is 0.440. The molecular formula is C19H25N4O4+. The molecule has 4 rings (SSSR count). The van der Waals surface area contributed by atoms with Crippen LogP contribution in [0.15, 0.2) is 42.6 Å². The number of quaternary nitrogens is 1. The lowest BCUT2D eigenvalue weighted by Gasteiger charge is -2.51. The number of hydrogen-bond acceptors (Lipinski definition) is 7. The predicted octanol–water partition coefficient (Wildman–Crippen LogP) is 2.12. The standard InChI is InChI=1S/C19H25N4O4/c1-3-17(25)19(9-5-6-10-20(19)11-12-24)22-14-7-8-15-16(13-14)23(22,27)18(4-2)21(15)26/h5-10,13,18,24,26-27H,3-4,11-12H2,1-2H3/q+1. The predicted molar refractivity (Wildman–Crippen MR) is 101 cm³/mol. The molecule has 3 N–H and O–H groups in total. The zero-order chi connectivity index (χ0) is 19.4. The summed E-state index contributed by atoms with van der Waals surface area (Å²) in [6.07, 6.45) is 7.13. The number of hydroxylamine groups is 2. The number of aliphatic hydroxyl groups excluding tert-OH is 1. The van der Waals surface area contributed by atoms with Crippen LogP contribution in [-0.4, -0.2) is 51.2 Å². The number of allylic oxidation sites excluding steroid dienone is 2. The number of carbonyl (C=O) groups excluding carboxylic acids is 1. The molecule has 0 saturated heterocycles. The normalized spacial score (nSPS) is 30.6. The first-order chi connectivity index (χ1) is 13.0. The smallest absolute Gasteiger partial charge is 0.246 e. The van der Waals surface area contributed by atoms with Crippen molar-refractivity contribution < 1.29 is 20.3 Å². The third-order valence-electron chi connectivity index (χ3n) is 5.71. The van der Waals surface area contributed by atoms with Crippen molar-refractivity contribution in [1.29, 1.82) is 0 Å². The number of ketones is 1. The van der Waals surface area contributed by atoms with E-state index in [1.54, 1.807) is 53.4 Å². The summed E-state index contributed by atoms with van der Waals surface area (Å²) in [5.74, 6) is -0.113. The molecule has 0 aliphatic carbocycles. The zero-order valence-electron chi connectivity index (χ0n) is 15.5. The second-order valence-electron chi connectivity index (χ2n) is 6.99. The lowest BCUT2D eigenvalue weighted by Crippen LogP contribution is -2.77. The minimum absolute atomic E-state index is 0.113. The molecule has 144 valence electrons. The lowest BCUT2D eigenvalue weighted by atomic mass is 9.95. The number of carbonyl (C=O) groups is 1. The fourth-order valence-electron chi connectivity index (χ4n) is 4.58. The number of aliphatic hydroxyl groups is 1. The van der Waals surface area contributed by atoms with Crippen LogP contribution in [0.5, 0.6) is 0 Å². The first-order valence-electron chi connectivity index (χ1n) is 9.28. The van der Waals surface area contributed by atoms with Gasteiger partial charge in [0.15, 0.2) is 5.78 Å². The molecule has 0 saturated carbocycles. The SMILES string of the molecule is CCC(=O)C1(N2c3ccc4c(c3)[N+]2(O)C(CC)N4O)C=CC=CN1CCO. The van der Waals surface area contributed by atoms with Gasteiger partial charge in [-0.15, -0.1) is 5.01 Å². The number of benzene rings is 1. The number of anilines is 2. The van der Waals surface area contributed by atoms with E-state index in [0.717, 1.165) is 5.06 Å². The summed E-state index contributed by atoms with van der Waals surface area (Å²) in [4.78, 5) is 15.1. The minimum atomic E-state index is -1.31. The first kappa shape index (κ1) is 18.0. The van der Waals surface area contributed by atoms with Crippen molar-refractivity contribution in [3.63, 3.8) is 0 Å². The van der Waals surface area contributed by atoms with E-state index < -0.39 is 16.6 Å². The number of β-amino-alcohol motifs (C(OH)–C–C–N with tert-alkyl or cyclic N) is 1. The fourth-order valence-corrected chi connectivity index (χ4v) is 4.58. The molecule has 0 fully saturated rings. The van der Waals surface area contributed by atoms with E-state index >= 15 is 0 Å². The molecule has 8 heteroatoms. The molecule has 0 spiro atoms. The molecule has 2 bridgehead atoms. The van der Waals surface area contributed by atoms with Crippen LogP contribution in [-0.2, 0) is 4.79 Å². The summed E-state index contributed by atoms with van der Waals surface area (Å²) in [6.45, 7) is 3.75. The summed E-state index contributed by atoms with van der Waals surface area (Å²) in [7, 11) is 0. The molecule has 1 aromatic rings. The highest BCUT2D eigenvalue weighted by atomic mass is 16.6. The Morgan fingerprint density at radius 2 is 2.07 bits per heavy atom. The lowest BCUT2D eigenvalue weighted by molar-refractivity contribution is -0.160. The molecule has 3 heterocycles. The molecule has 1 aromatic carbocycles. The van der Waals surface area contributed by atoms with Gasteiger partial charge >= 0.3 is 0 Å². The summed E-state index contributed by atoms with van der Waals surface area (Å²) >= 11 is 0. The van der Waals surface area contributed by atoms with Gasteiger partial charge in [-0.3, -0.25) is 10.0 Å². The van der Waals surface area contributed by atoms with Gasteiger partial charge in [-0.05, 0) is 29.0 Å². The number of fused-ring (bicyclic) bond motifs is 1. The molecule has 27 heavy (non-hydrogen) atoms. The van der Waals surface area contributed by atoms with Crippen LogP contribution in [0.1, 0.15) is 26.7 Å². The molecule has 0 aromatic heterocycles. The topological polar surface area (TPSA) is 87.5 Å². The van der Waals surface area contributed by atoms with E-state index in [9.17, 15) is 20.3 Å². The van der Waals surface area contributed by atoms with Crippen LogP contribution in [0.2, 0.25) is 0 Å². The van der Waals surface area contributed by atoms with Crippen LogP contribution in [0, 0.1) is 0 Å². The van der Waals surface area contributed by atoms with E-state index in [4.69, 9.17) is 0 Å². The average molecular weight is 373 g/mol. The molecule has 8 nitrogen and oxygen atoms in total. The van der Waals surface area contributed by atoms with Crippen molar-refractivity contribution >= 4 is 22.8 Å². The van der Waals surface area contributed by atoms with Gasteiger partial charge in [0.25, 0.3) is 0 Å². The van der Waals surface area contributed by atoms with Gasteiger partial charge in [-0.2, -0.15) is 10.3 Å². The highest BCUT2D eigenvalue weighted by Gasteiger charge is 2.67. The Bertz CT molecular complexity index is 841. The van der Waals surface area contributed by atoms with Gasteiger partial charge in [0, 0.05) is 31.7 Å². The highest BCUT2D eigenvalue weighted by molar-refractivity contribution is 5.97. The van der Waals surface area contributed by atoms with E-state index in [1.807, 2.05) is 13.0 Å². The molecular weight excluding hydrogens is 348 g/mol. The highest BCUT2D eigenvalue weighted by Crippen LogP contribution is 2.55.